The fraction of sp³-hybridized carbons (Fsp3) is 0.838. The molecule has 0 aliphatic heterocycles. The summed E-state index contributed by atoms with van der Waals surface area (Å²) in [6, 6.07) is 0. The number of aliphatic hydroxyl groups is 2. The highest BCUT2D eigenvalue weighted by Gasteiger charge is 2.32. The molecule has 3 saturated carbocycles. The Bertz CT molecular complexity index is 685. The first-order valence-electron chi connectivity index (χ1n) is 17.1. The van der Waals surface area contributed by atoms with Gasteiger partial charge < -0.3 is 24.5 Å². The van der Waals surface area contributed by atoms with E-state index in [1.807, 2.05) is 13.9 Å². The normalized spacial score (nSPS) is 27.5. The summed E-state index contributed by atoms with van der Waals surface area (Å²) in [5.41, 5.74) is 1.52. The second kappa shape index (κ2) is 27.0. The average Bonchev–Trinajstić information content (AvgIpc) is 3.06. The van der Waals surface area contributed by atoms with E-state index in [2.05, 4.69) is 27.0 Å². The summed E-state index contributed by atoms with van der Waals surface area (Å²) in [7, 11) is 2.85. The Morgan fingerprint density at radius 2 is 1.40 bits per heavy atom. The molecule has 6 nitrogen and oxygen atoms in total. The molecule has 3 aliphatic carbocycles. The first-order valence-corrected chi connectivity index (χ1v) is 17.1. The quantitative estimate of drug-likeness (QED) is 0.0844. The number of carbonyl (C=O) groups excluding carboxylic acids is 2. The second-order valence-corrected chi connectivity index (χ2v) is 13.2. The van der Waals surface area contributed by atoms with E-state index in [1.165, 1.54) is 108 Å². The zero-order valence-electron chi connectivity index (χ0n) is 28.4. The summed E-state index contributed by atoms with van der Waals surface area (Å²) in [6.45, 7) is 15.5. The van der Waals surface area contributed by atoms with E-state index in [4.69, 9.17) is 24.5 Å². The number of methoxy groups -OCH3 is 1. The molecule has 1 unspecified atom stereocenters. The van der Waals surface area contributed by atoms with Gasteiger partial charge >= 0.3 is 0 Å². The minimum Gasteiger partial charge on any atom is -0.400 e. The molecule has 0 spiro atoms. The van der Waals surface area contributed by atoms with Gasteiger partial charge in [-0.1, -0.05) is 57.6 Å². The highest BCUT2D eigenvalue weighted by atomic mass is 16.5. The van der Waals surface area contributed by atoms with Crippen molar-refractivity contribution in [3.05, 3.63) is 24.3 Å². The number of allylic oxidation sites excluding steroid dienone is 1. The van der Waals surface area contributed by atoms with Crippen LogP contribution in [0.2, 0.25) is 0 Å². The number of unbranched alkanes of at least 4 members (excludes halogenated alkanes) is 2. The zero-order valence-corrected chi connectivity index (χ0v) is 28.4. The number of hydrogen-bond acceptors (Lipinski definition) is 6. The summed E-state index contributed by atoms with van der Waals surface area (Å²) >= 11 is 0. The Kier molecular flexibility index (Phi) is 26.2. The highest BCUT2D eigenvalue weighted by Crippen LogP contribution is 2.42. The Labute approximate surface area is 265 Å². The van der Waals surface area contributed by atoms with Crippen molar-refractivity contribution < 1.29 is 29.3 Å². The van der Waals surface area contributed by atoms with Crippen molar-refractivity contribution in [1.29, 1.82) is 0 Å². The van der Waals surface area contributed by atoms with Gasteiger partial charge in [0.1, 0.15) is 13.1 Å². The summed E-state index contributed by atoms with van der Waals surface area (Å²) < 4.78 is 12.0. The molecule has 0 aromatic carbocycles. The molecule has 1 atom stereocenters. The molecule has 0 aromatic rings. The van der Waals surface area contributed by atoms with Crippen molar-refractivity contribution in [2.24, 2.45) is 35.5 Å². The number of carbonyl (C=O) groups is 2. The van der Waals surface area contributed by atoms with E-state index < -0.39 is 0 Å². The summed E-state index contributed by atoms with van der Waals surface area (Å²) in [6.07, 6.45) is 25.0. The molecule has 0 saturated heterocycles. The smallest absolute Gasteiger partial charge is 0.147 e. The van der Waals surface area contributed by atoms with E-state index in [0.29, 0.717) is 18.3 Å². The second-order valence-electron chi connectivity index (χ2n) is 13.2. The molecule has 43 heavy (non-hydrogen) atoms. The SMILES string of the molecule is C=C(C)CC(COC)C1CCC(COC2CCC(C3CCC(CCCCC)CC3)CC2)CC1.C=C(C=O)CO.C=O.CO. The molecule has 6 heteroatoms. The minimum atomic E-state index is -0.233. The Morgan fingerprint density at radius 3 is 1.84 bits per heavy atom. The van der Waals surface area contributed by atoms with Gasteiger partial charge in [0, 0.05) is 33.0 Å². The van der Waals surface area contributed by atoms with Crippen LogP contribution in [-0.2, 0) is 19.1 Å². The molecular formula is C37H68O6. The van der Waals surface area contributed by atoms with Gasteiger partial charge in [0.2, 0.25) is 0 Å². The van der Waals surface area contributed by atoms with E-state index in [9.17, 15) is 4.79 Å². The fourth-order valence-electron chi connectivity index (χ4n) is 7.52. The van der Waals surface area contributed by atoms with Crippen molar-refractivity contribution in [2.75, 3.05) is 34.0 Å². The molecule has 0 bridgehead atoms. The molecule has 0 amide bonds. The van der Waals surface area contributed by atoms with Crippen LogP contribution in [0, 0.1) is 35.5 Å². The number of aliphatic hydroxyl groups excluding tert-OH is 2. The van der Waals surface area contributed by atoms with Gasteiger partial charge in [-0.05, 0) is 113 Å². The third-order valence-corrected chi connectivity index (χ3v) is 9.98. The third-order valence-electron chi connectivity index (χ3n) is 9.98. The van der Waals surface area contributed by atoms with Crippen LogP contribution in [0.15, 0.2) is 24.3 Å². The Morgan fingerprint density at radius 1 is 0.860 bits per heavy atom. The first-order chi connectivity index (χ1) is 20.9. The zero-order chi connectivity index (χ0) is 32.5. The lowest BCUT2D eigenvalue weighted by molar-refractivity contribution is -0.105. The summed E-state index contributed by atoms with van der Waals surface area (Å²) in [5, 5.41) is 15.0. The predicted molar refractivity (Wildman–Crippen MR) is 179 cm³/mol. The van der Waals surface area contributed by atoms with Crippen molar-refractivity contribution >= 4 is 13.1 Å². The number of rotatable bonds is 15. The average molecular weight is 609 g/mol. The van der Waals surface area contributed by atoms with Gasteiger partial charge in [-0.25, -0.2) is 0 Å². The topological polar surface area (TPSA) is 93.1 Å². The Balaban J connectivity index is 0.00000155. The molecule has 2 N–H and O–H groups in total. The largest absolute Gasteiger partial charge is 0.400 e. The van der Waals surface area contributed by atoms with Gasteiger partial charge in [0.25, 0.3) is 0 Å². The fourth-order valence-corrected chi connectivity index (χ4v) is 7.52. The molecule has 252 valence electrons. The van der Waals surface area contributed by atoms with Gasteiger partial charge in [-0.2, -0.15) is 0 Å². The Hall–Kier alpha value is -1.34. The maximum absolute atomic E-state index is 9.48. The molecule has 0 aromatic heterocycles. The lowest BCUT2D eigenvalue weighted by Crippen LogP contribution is -2.31. The van der Waals surface area contributed by atoms with E-state index in [1.54, 1.807) is 0 Å². The molecule has 0 heterocycles. The maximum Gasteiger partial charge on any atom is 0.147 e. The van der Waals surface area contributed by atoms with E-state index in [-0.39, 0.29) is 12.2 Å². The molecule has 3 rings (SSSR count). The van der Waals surface area contributed by atoms with Gasteiger partial charge in [-0.15, -0.1) is 6.58 Å². The van der Waals surface area contributed by atoms with Gasteiger partial charge in [0.15, 0.2) is 0 Å². The molecule has 0 radical (unpaired) electrons. The van der Waals surface area contributed by atoms with Crippen molar-refractivity contribution in [2.45, 2.75) is 129 Å². The van der Waals surface area contributed by atoms with Crippen LogP contribution in [0.4, 0.5) is 0 Å². The van der Waals surface area contributed by atoms with E-state index >= 15 is 0 Å². The maximum atomic E-state index is 9.48. The predicted octanol–water partition coefficient (Wildman–Crippen LogP) is 8.14. The van der Waals surface area contributed by atoms with E-state index in [0.717, 1.165) is 56.3 Å². The number of hydrogen-bond donors (Lipinski definition) is 2. The van der Waals surface area contributed by atoms with Crippen molar-refractivity contribution in [3.63, 3.8) is 0 Å². The standard InChI is InChI=1S/C31H56O2.C4H6O2.CH4O.CH2O/c1-5-6-7-8-25-9-13-27(14-10-25)28-17-19-31(20-18-28)33-22-26-11-15-29(16-12-26)30(23-32-4)21-24(2)3;1-4(2-5)3-6;2*1-2/h25-31H,2,5-23H2,1,3-4H3;2,6H,1,3H2;2H,1H3;1H2. The van der Waals surface area contributed by atoms with Crippen LogP contribution >= 0.6 is 0 Å². The van der Waals surface area contributed by atoms with Crippen LogP contribution in [0.1, 0.15) is 123 Å². The summed E-state index contributed by atoms with van der Waals surface area (Å²) in [4.78, 5) is 17.5. The molecule has 3 aliphatic rings. The van der Waals surface area contributed by atoms with Crippen LogP contribution in [-0.4, -0.2) is 63.4 Å². The van der Waals surface area contributed by atoms with Crippen LogP contribution in [0.3, 0.4) is 0 Å². The first kappa shape index (κ1) is 41.7. The number of aldehydes is 1. The minimum absolute atomic E-state index is 0.218. The monoisotopic (exact) mass is 609 g/mol. The van der Waals surface area contributed by atoms with Crippen LogP contribution < -0.4 is 0 Å². The number of ether oxygens (including phenoxy) is 2. The van der Waals surface area contributed by atoms with Crippen molar-refractivity contribution in [1.82, 2.24) is 0 Å². The van der Waals surface area contributed by atoms with Crippen LogP contribution in [0.5, 0.6) is 0 Å². The molecular weight excluding hydrogens is 540 g/mol. The van der Waals surface area contributed by atoms with Gasteiger partial charge in [-0.3, -0.25) is 4.79 Å². The lowest BCUT2D eigenvalue weighted by Gasteiger charge is -2.38. The molecule has 3 fully saturated rings. The van der Waals surface area contributed by atoms with Crippen molar-refractivity contribution in [3.8, 4) is 0 Å². The van der Waals surface area contributed by atoms with Gasteiger partial charge in [0.05, 0.1) is 12.7 Å². The third kappa shape index (κ3) is 18.3. The lowest BCUT2D eigenvalue weighted by atomic mass is 9.70. The summed E-state index contributed by atoms with van der Waals surface area (Å²) in [5.74, 6) is 5.35. The highest BCUT2D eigenvalue weighted by molar-refractivity contribution is 5.72. The van der Waals surface area contributed by atoms with Crippen LogP contribution in [0.25, 0.3) is 0 Å².